The van der Waals surface area contributed by atoms with Gasteiger partial charge in [-0.15, -0.1) is 0 Å². The van der Waals surface area contributed by atoms with Crippen molar-refractivity contribution >= 4 is 11.0 Å². The Hall–Kier alpha value is -2.87. The van der Waals surface area contributed by atoms with Crippen molar-refractivity contribution in [2.45, 2.75) is 0 Å². The van der Waals surface area contributed by atoms with E-state index in [1.54, 1.807) is 30.5 Å². The van der Waals surface area contributed by atoms with Gasteiger partial charge in [0.25, 0.3) is 0 Å². The van der Waals surface area contributed by atoms with Crippen molar-refractivity contribution in [1.29, 1.82) is 5.26 Å². The fourth-order valence-corrected chi connectivity index (χ4v) is 1.67. The van der Waals surface area contributed by atoms with E-state index < -0.39 is 0 Å². The molecule has 0 spiro atoms. The highest BCUT2D eigenvalue weighted by Gasteiger charge is 2.06. The molecule has 0 aliphatic rings. The molecule has 0 aliphatic heterocycles. The van der Waals surface area contributed by atoms with Crippen LogP contribution >= 0.6 is 0 Å². The van der Waals surface area contributed by atoms with Crippen molar-refractivity contribution in [2.24, 2.45) is 0 Å². The molecule has 0 radical (unpaired) electrons. The third kappa shape index (κ3) is 1.76. The molecule has 2 heterocycles. The Morgan fingerprint density at radius 3 is 3.06 bits per heavy atom. The van der Waals surface area contributed by atoms with Crippen molar-refractivity contribution in [2.75, 3.05) is 0 Å². The zero-order valence-electron chi connectivity index (χ0n) is 9.29. The molecule has 0 fully saturated rings. The van der Waals surface area contributed by atoms with Crippen LogP contribution in [0.25, 0.3) is 11.0 Å². The molecule has 1 aromatic carbocycles. The predicted octanol–water partition coefficient (Wildman–Crippen LogP) is 2.62. The van der Waals surface area contributed by atoms with Crippen molar-refractivity contribution in [3.05, 3.63) is 48.4 Å². The van der Waals surface area contributed by atoms with Gasteiger partial charge in [0.2, 0.25) is 5.88 Å². The first kappa shape index (κ1) is 10.3. The van der Waals surface area contributed by atoms with Crippen LogP contribution in [0.5, 0.6) is 11.6 Å². The fourth-order valence-electron chi connectivity index (χ4n) is 1.67. The molecule has 86 valence electrons. The number of H-pyrrole nitrogens is 1. The van der Waals surface area contributed by atoms with Gasteiger partial charge in [-0.2, -0.15) is 5.26 Å². The molecule has 5 heteroatoms. The number of hydrogen-bond donors (Lipinski definition) is 1. The molecule has 1 N–H and O–H groups in total. The topological polar surface area (TPSA) is 74.6 Å². The van der Waals surface area contributed by atoms with Gasteiger partial charge in [-0.25, -0.2) is 9.97 Å². The summed E-state index contributed by atoms with van der Waals surface area (Å²) in [7, 11) is 0. The highest BCUT2D eigenvalue weighted by molar-refractivity contribution is 5.80. The first-order valence-corrected chi connectivity index (χ1v) is 5.33. The van der Waals surface area contributed by atoms with Crippen LogP contribution in [0.2, 0.25) is 0 Å². The van der Waals surface area contributed by atoms with Crippen LogP contribution in [0.3, 0.4) is 0 Å². The summed E-state index contributed by atoms with van der Waals surface area (Å²) in [6, 6.07) is 10.8. The highest BCUT2D eigenvalue weighted by atomic mass is 16.5. The number of aromatic nitrogens is 3. The van der Waals surface area contributed by atoms with E-state index in [2.05, 4.69) is 21.0 Å². The molecule has 0 bridgehead atoms. The number of nitrogens with zero attached hydrogens (tertiary/aromatic N) is 3. The minimum absolute atomic E-state index is 0.469. The molecule has 0 amide bonds. The number of nitrogens with one attached hydrogen (secondary N) is 1. The van der Waals surface area contributed by atoms with Gasteiger partial charge in [-0.05, 0) is 24.3 Å². The average molecular weight is 236 g/mol. The fraction of sp³-hybridized carbons (Fsp3) is 0. The Labute approximate surface area is 103 Å². The molecule has 3 rings (SSSR count). The molecule has 0 atom stereocenters. The molecule has 18 heavy (non-hydrogen) atoms. The van der Waals surface area contributed by atoms with Crippen LogP contribution in [0.4, 0.5) is 0 Å². The van der Waals surface area contributed by atoms with Crippen LogP contribution in [-0.2, 0) is 0 Å². The van der Waals surface area contributed by atoms with Crippen LogP contribution < -0.4 is 4.74 Å². The van der Waals surface area contributed by atoms with Gasteiger partial charge in [0.15, 0.2) is 0 Å². The van der Waals surface area contributed by atoms with E-state index in [9.17, 15) is 0 Å². The lowest BCUT2D eigenvalue weighted by molar-refractivity contribution is 0.468. The zero-order chi connectivity index (χ0) is 12.4. The number of fused-ring (bicyclic) bond motifs is 1. The zero-order valence-corrected chi connectivity index (χ0v) is 9.29. The molecule has 2 aromatic heterocycles. The number of benzene rings is 1. The standard InChI is InChI=1S/C13H8N4O/c14-7-9-2-1-3-10(6-9)18-13-11-4-5-15-12(11)16-8-17-13/h1-6,8H,(H,15,16,17). The van der Waals surface area contributed by atoms with Gasteiger partial charge in [-0.3, -0.25) is 0 Å². The molecular formula is C13H8N4O. The Balaban J connectivity index is 2.01. The van der Waals surface area contributed by atoms with E-state index in [0.29, 0.717) is 17.2 Å². The maximum absolute atomic E-state index is 8.83. The first-order valence-electron chi connectivity index (χ1n) is 5.33. The maximum atomic E-state index is 8.83. The lowest BCUT2D eigenvalue weighted by Crippen LogP contribution is -1.90. The summed E-state index contributed by atoms with van der Waals surface area (Å²) in [5.74, 6) is 1.05. The van der Waals surface area contributed by atoms with Gasteiger partial charge in [0, 0.05) is 6.20 Å². The second-order valence-electron chi connectivity index (χ2n) is 3.66. The van der Waals surface area contributed by atoms with E-state index in [-0.39, 0.29) is 0 Å². The maximum Gasteiger partial charge on any atom is 0.231 e. The first-order chi connectivity index (χ1) is 8.86. The normalized spacial score (nSPS) is 10.2. The molecule has 0 saturated carbocycles. The van der Waals surface area contributed by atoms with Crippen LogP contribution in [0, 0.1) is 11.3 Å². The van der Waals surface area contributed by atoms with Gasteiger partial charge in [0.05, 0.1) is 17.0 Å². The minimum atomic E-state index is 0.469. The summed E-state index contributed by atoms with van der Waals surface area (Å²) in [6.45, 7) is 0. The van der Waals surface area contributed by atoms with E-state index in [1.165, 1.54) is 6.33 Å². The van der Waals surface area contributed by atoms with Gasteiger partial charge < -0.3 is 9.72 Å². The van der Waals surface area contributed by atoms with Crippen LogP contribution in [0.1, 0.15) is 5.56 Å². The van der Waals surface area contributed by atoms with Crippen molar-refractivity contribution in [1.82, 2.24) is 15.0 Å². The van der Waals surface area contributed by atoms with Crippen LogP contribution in [-0.4, -0.2) is 15.0 Å². The lowest BCUT2D eigenvalue weighted by Gasteiger charge is -2.05. The van der Waals surface area contributed by atoms with Crippen molar-refractivity contribution in [3.8, 4) is 17.7 Å². The van der Waals surface area contributed by atoms with Crippen molar-refractivity contribution < 1.29 is 4.74 Å². The summed E-state index contributed by atoms with van der Waals surface area (Å²) in [4.78, 5) is 11.2. The SMILES string of the molecule is N#Cc1cccc(Oc2ncnc3[nH]ccc23)c1. The number of aromatic amines is 1. The summed E-state index contributed by atoms with van der Waals surface area (Å²) < 4.78 is 5.67. The smallest absolute Gasteiger partial charge is 0.231 e. The third-order valence-electron chi connectivity index (χ3n) is 2.50. The summed E-state index contributed by atoms with van der Waals surface area (Å²) in [5.41, 5.74) is 1.27. The second-order valence-corrected chi connectivity index (χ2v) is 3.66. The summed E-state index contributed by atoms with van der Waals surface area (Å²) >= 11 is 0. The Kier molecular flexibility index (Phi) is 2.39. The quantitative estimate of drug-likeness (QED) is 0.742. The molecule has 0 unspecified atom stereocenters. The highest BCUT2D eigenvalue weighted by Crippen LogP contribution is 2.26. The van der Waals surface area contributed by atoms with E-state index in [1.807, 2.05) is 6.07 Å². The number of rotatable bonds is 2. The van der Waals surface area contributed by atoms with E-state index >= 15 is 0 Å². The predicted molar refractivity (Wildman–Crippen MR) is 65.1 cm³/mol. The molecular weight excluding hydrogens is 228 g/mol. The molecule has 0 aliphatic carbocycles. The third-order valence-corrected chi connectivity index (χ3v) is 2.50. The summed E-state index contributed by atoms with van der Waals surface area (Å²) in [6.07, 6.45) is 3.21. The Bertz CT molecular complexity index is 742. The monoisotopic (exact) mass is 236 g/mol. The minimum Gasteiger partial charge on any atom is -0.438 e. The molecule has 5 nitrogen and oxygen atoms in total. The Morgan fingerprint density at radius 2 is 2.17 bits per heavy atom. The Morgan fingerprint density at radius 1 is 1.22 bits per heavy atom. The van der Waals surface area contributed by atoms with E-state index in [4.69, 9.17) is 10.00 Å². The second kappa shape index (κ2) is 4.18. The van der Waals surface area contributed by atoms with Gasteiger partial charge in [-0.1, -0.05) is 6.07 Å². The average Bonchev–Trinajstić information content (AvgIpc) is 2.88. The molecule has 3 aromatic rings. The lowest BCUT2D eigenvalue weighted by atomic mass is 10.2. The van der Waals surface area contributed by atoms with Gasteiger partial charge in [0.1, 0.15) is 17.7 Å². The molecule has 0 saturated heterocycles. The largest absolute Gasteiger partial charge is 0.438 e. The number of nitriles is 1. The van der Waals surface area contributed by atoms with Crippen molar-refractivity contribution in [3.63, 3.8) is 0 Å². The van der Waals surface area contributed by atoms with Gasteiger partial charge >= 0.3 is 0 Å². The number of hydrogen-bond acceptors (Lipinski definition) is 4. The number of ether oxygens (including phenoxy) is 1. The van der Waals surface area contributed by atoms with Crippen LogP contribution in [0.15, 0.2) is 42.9 Å². The summed E-state index contributed by atoms with van der Waals surface area (Å²) in [5, 5.41) is 9.64. The van der Waals surface area contributed by atoms with E-state index in [0.717, 1.165) is 11.0 Å².